The third-order valence-corrected chi connectivity index (χ3v) is 5.33. The number of halogens is 1. The number of rotatable bonds is 3. The predicted octanol–water partition coefficient (Wildman–Crippen LogP) is 2.93. The number of hydrogen-bond donors (Lipinski definition) is 2. The van der Waals surface area contributed by atoms with Crippen molar-refractivity contribution in [3.8, 4) is 0 Å². The molecule has 2 aromatic carbocycles. The lowest BCUT2D eigenvalue weighted by molar-refractivity contribution is 0.439. The summed E-state index contributed by atoms with van der Waals surface area (Å²) < 4.78 is 15.6. The Morgan fingerprint density at radius 2 is 1.93 bits per heavy atom. The lowest BCUT2D eigenvalue weighted by Crippen LogP contribution is -2.36. The highest BCUT2D eigenvalue weighted by atomic mass is 19.1. The van der Waals surface area contributed by atoms with Gasteiger partial charge in [0, 0.05) is 18.8 Å². The minimum atomic E-state index is -0.231. The molecule has 2 aromatic heterocycles. The zero-order chi connectivity index (χ0) is 20.0. The van der Waals surface area contributed by atoms with Crippen molar-refractivity contribution >= 4 is 28.5 Å². The number of nitrogen functional groups attached to an aromatic ring is 2. The number of aromatic nitrogens is 4. The van der Waals surface area contributed by atoms with E-state index < -0.39 is 0 Å². The van der Waals surface area contributed by atoms with Crippen LogP contribution in [0, 0.1) is 5.82 Å². The maximum Gasteiger partial charge on any atom is 0.224 e. The summed E-state index contributed by atoms with van der Waals surface area (Å²) in [7, 11) is 0. The molecular formula is C21H20FN7. The van der Waals surface area contributed by atoms with Crippen LogP contribution in [-0.4, -0.2) is 26.3 Å². The molecule has 1 atom stereocenters. The van der Waals surface area contributed by atoms with E-state index in [1.807, 2.05) is 22.9 Å². The average Bonchev–Trinajstić information content (AvgIpc) is 3.12. The largest absolute Gasteiger partial charge is 0.383 e. The first-order chi connectivity index (χ1) is 14.1. The van der Waals surface area contributed by atoms with E-state index in [0.29, 0.717) is 29.9 Å². The molecule has 8 heteroatoms. The molecular weight excluding hydrogens is 369 g/mol. The summed E-state index contributed by atoms with van der Waals surface area (Å²) in [4.78, 5) is 10.6. The van der Waals surface area contributed by atoms with Gasteiger partial charge >= 0.3 is 0 Å². The van der Waals surface area contributed by atoms with Crippen molar-refractivity contribution < 1.29 is 4.39 Å². The molecule has 1 unspecified atom stereocenters. The van der Waals surface area contributed by atoms with Crippen molar-refractivity contribution in [2.45, 2.75) is 19.0 Å². The Bertz CT molecular complexity index is 1200. The van der Waals surface area contributed by atoms with Crippen LogP contribution >= 0.6 is 0 Å². The lowest BCUT2D eigenvalue weighted by Gasteiger charge is -2.36. The highest BCUT2D eigenvalue weighted by molar-refractivity contribution is 5.86. The summed E-state index contributed by atoms with van der Waals surface area (Å²) in [6, 6.07) is 15.0. The van der Waals surface area contributed by atoms with Gasteiger partial charge < -0.3 is 16.4 Å². The standard InChI is InChI=1S/C21H20FN7/c22-15-6-3-4-13(8-15)11-28-12-16(9-14-5-1-2-7-18(14)28)29-20-17(10-25-29)19(23)26-21(24)27-20/h1-8,10,16H,9,11-12H2,(H4,23,24,26,27). The van der Waals surface area contributed by atoms with E-state index in [1.54, 1.807) is 18.3 Å². The summed E-state index contributed by atoms with van der Waals surface area (Å²) in [6.45, 7) is 1.30. The topological polar surface area (TPSA) is 98.9 Å². The van der Waals surface area contributed by atoms with Crippen LogP contribution in [-0.2, 0) is 13.0 Å². The molecule has 0 bridgehead atoms. The molecule has 5 rings (SSSR count). The summed E-state index contributed by atoms with van der Waals surface area (Å²) in [5.74, 6) is 0.223. The van der Waals surface area contributed by atoms with Gasteiger partial charge in [-0.25, -0.2) is 9.07 Å². The molecule has 7 nitrogen and oxygen atoms in total. The lowest BCUT2D eigenvalue weighted by atomic mass is 9.97. The van der Waals surface area contributed by atoms with Crippen molar-refractivity contribution in [3.63, 3.8) is 0 Å². The third-order valence-electron chi connectivity index (χ3n) is 5.33. The Morgan fingerprint density at radius 1 is 1.07 bits per heavy atom. The second-order valence-corrected chi connectivity index (χ2v) is 7.29. The first kappa shape index (κ1) is 17.4. The van der Waals surface area contributed by atoms with Crippen LogP contribution in [0.25, 0.3) is 11.0 Å². The van der Waals surface area contributed by atoms with Gasteiger partial charge in [0.25, 0.3) is 0 Å². The van der Waals surface area contributed by atoms with Crippen molar-refractivity contribution in [1.29, 1.82) is 0 Å². The smallest absolute Gasteiger partial charge is 0.224 e. The molecule has 0 saturated heterocycles. The number of nitrogens with two attached hydrogens (primary N) is 2. The summed E-state index contributed by atoms with van der Waals surface area (Å²) >= 11 is 0. The molecule has 0 aliphatic carbocycles. The summed E-state index contributed by atoms with van der Waals surface area (Å²) in [5, 5.41) is 5.23. The van der Waals surface area contributed by atoms with Crippen LogP contribution in [0.2, 0.25) is 0 Å². The van der Waals surface area contributed by atoms with Crippen LogP contribution in [0.15, 0.2) is 54.7 Å². The van der Waals surface area contributed by atoms with Crippen molar-refractivity contribution in [1.82, 2.24) is 19.7 Å². The van der Waals surface area contributed by atoms with Gasteiger partial charge in [-0.2, -0.15) is 15.1 Å². The molecule has 0 spiro atoms. The molecule has 146 valence electrons. The van der Waals surface area contributed by atoms with Crippen molar-refractivity contribution in [2.24, 2.45) is 0 Å². The van der Waals surface area contributed by atoms with Crippen molar-refractivity contribution in [3.05, 3.63) is 71.7 Å². The van der Waals surface area contributed by atoms with Crippen LogP contribution < -0.4 is 16.4 Å². The normalized spacial score (nSPS) is 16.2. The number of anilines is 3. The predicted molar refractivity (Wildman–Crippen MR) is 111 cm³/mol. The minimum Gasteiger partial charge on any atom is -0.383 e. The Hall–Kier alpha value is -3.68. The first-order valence-electron chi connectivity index (χ1n) is 9.42. The third kappa shape index (κ3) is 3.12. The summed E-state index contributed by atoms with van der Waals surface area (Å²) in [6.07, 6.45) is 2.48. The number of fused-ring (bicyclic) bond motifs is 2. The molecule has 1 aliphatic rings. The van der Waals surface area contributed by atoms with E-state index >= 15 is 0 Å². The Morgan fingerprint density at radius 3 is 2.79 bits per heavy atom. The molecule has 0 fully saturated rings. The highest BCUT2D eigenvalue weighted by Gasteiger charge is 2.28. The number of para-hydroxylation sites is 1. The zero-order valence-corrected chi connectivity index (χ0v) is 15.7. The molecule has 0 amide bonds. The zero-order valence-electron chi connectivity index (χ0n) is 15.7. The maximum absolute atomic E-state index is 13.7. The fourth-order valence-electron chi connectivity index (χ4n) is 4.06. The van der Waals surface area contributed by atoms with Gasteiger partial charge in [-0.15, -0.1) is 0 Å². The van der Waals surface area contributed by atoms with Gasteiger partial charge in [0.1, 0.15) is 11.6 Å². The Kier molecular flexibility index (Phi) is 4.04. The number of nitrogens with zero attached hydrogens (tertiary/aromatic N) is 5. The Labute approximate surface area is 166 Å². The van der Waals surface area contributed by atoms with Crippen molar-refractivity contribution in [2.75, 3.05) is 22.9 Å². The molecule has 0 radical (unpaired) electrons. The van der Waals surface area contributed by atoms with Gasteiger partial charge in [-0.1, -0.05) is 30.3 Å². The molecule has 4 N–H and O–H groups in total. The average molecular weight is 389 g/mol. The monoisotopic (exact) mass is 389 g/mol. The molecule has 1 aliphatic heterocycles. The van der Waals surface area contributed by atoms with E-state index in [0.717, 1.165) is 17.7 Å². The Balaban J connectivity index is 1.55. The number of benzene rings is 2. The fraction of sp³-hybridized carbons (Fsp3) is 0.190. The van der Waals surface area contributed by atoms with Gasteiger partial charge in [-0.05, 0) is 35.7 Å². The van der Waals surface area contributed by atoms with E-state index in [2.05, 4.69) is 32.1 Å². The minimum absolute atomic E-state index is 0.0321. The molecule has 4 aromatic rings. The van der Waals surface area contributed by atoms with Crippen LogP contribution in [0.1, 0.15) is 17.2 Å². The first-order valence-corrected chi connectivity index (χ1v) is 9.42. The molecule has 29 heavy (non-hydrogen) atoms. The van der Waals surface area contributed by atoms with Crippen LogP contribution in [0.5, 0.6) is 0 Å². The van der Waals surface area contributed by atoms with Gasteiger partial charge in [-0.3, -0.25) is 0 Å². The second-order valence-electron chi connectivity index (χ2n) is 7.29. The van der Waals surface area contributed by atoms with E-state index in [9.17, 15) is 4.39 Å². The quantitative estimate of drug-likeness (QED) is 0.559. The number of hydrogen-bond acceptors (Lipinski definition) is 6. The van der Waals surface area contributed by atoms with Crippen LogP contribution in [0.4, 0.5) is 21.8 Å². The SMILES string of the molecule is Nc1nc(N)c2cnn(C3Cc4ccccc4N(Cc4cccc(F)c4)C3)c2n1. The maximum atomic E-state index is 13.7. The highest BCUT2D eigenvalue weighted by Crippen LogP contribution is 2.34. The van der Waals surface area contributed by atoms with Crippen LogP contribution in [0.3, 0.4) is 0 Å². The van der Waals surface area contributed by atoms with E-state index in [1.165, 1.54) is 11.6 Å². The fourth-order valence-corrected chi connectivity index (χ4v) is 4.06. The molecule has 3 heterocycles. The molecule has 0 saturated carbocycles. The van der Waals surface area contributed by atoms with Gasteiger partial charge in [0.2, 0.25) is 5.95 Å². The van der Waals surface area contributed by atoms with Gasteiger partial charge in [0.05, 0.1) is 17.6 Å². The van der Waals surface area contributed by atoms with E-state index in [-0.39, 0.29) is 17.8 Å². The summed E-state index contributed by atoms with van der Waals surface area (Å²) in [5.41, 5.74) is 15.7. The van der Waals surface area contributed by atoms with E-state index in [4.69, 9.17) is 11.5 Å². The second kappa shape index (κ2) is 6.73. The van der Waals surface area contributed by atoms with Gasteiger partial charge in [0.15, 0.2) is 5.65 Å².